The molecule has 1 aliphatic carbocycles. The zero-order chi connectivity index (χ0) is 9.47. The summed E-state index contributed by atoms with van der Waals surface area (Å²) in [7, 11) is 0. The zero-order valence-electron chi connectivity index (χ0n) is 8.25. The maximum Gasteiger partial charge on any atom is 0.0637 e. The molecule has 1 aromatic heterocycles. The van der Waals surface area contributed by atoms with Gasteiger partial charge in [0, 0.05) is 6.20 Å². The van der Waals surface area contributed by atoms with Crippen molar-refractivity contribution in [3.8, 4) is 0 Å². The summed E-state index contributed by atoms with van der Waals surface area (Å²) in [6.07, 6.45) is 3.94. The molecule has 1 aromatic rings. The Hall–Kier alpha value is -0.890. The first-order valence-electron chi connectivity index (χ1n) is 4.91. The number of rotatable bonds is 2. The number of nitrogens with two attached hydrogens (primary N) is 1. The molecule has 0 aliphatic heterocycles. The highest BCUT2D eigenvalue weighted by atomic mass is 14.9. The van der Waals surface area contributed by atoms with E-state index in [1.807, 2.05) is 12.3 Å². The van der Waals surface area contributed by atoms with Crippen LogP contribution >= 0.6 is 0 Å². The second-order valence-corrected chi connectivity index (χ2v) is 4.01. The Morgan fingerprint density at radius 1 is 1.69 bits per heavy atom. The molecular weight excluding hydrogens is 160 g/mol. The van der Waals surface area contributed by atoms with E-state index in [-0.39, 0.29) is 5.54 Å². The molecule has 0 aromatic carbocycles. The van der Waals surface area contributed by atoms with Crippen LogP contribution in [0.25, 0.3) is 0 Å². The fourth-order valence-corrected chi connectivity index (χ4v) is 1.92. The Bertz CT molecular complexity index is 322. The first-order chi connectivity index (χ1) is 6.18. The van der Waals surface area contributed by atoms with E-state index in [1.165, 1.54) is 5.56 Å². The molecule has 1 aliphatic rings. The van der Waals surface area contributed by atoms with Crippen molar-refractivity contribution >= 4 is 0 Å². The van der Waals surface area contributed by atoms with Crippen molar-refractivity contribution in [2.45, 2.75) is 32.2 Å². The van der Waals surface area contributed by atoms with Crippen LogP contribution in [0.5, 0.6) is 0 Å². The van der Waals surface area contributed by atoms with Crippen LogP contribution in [0, 0.1) is 5.92 Å². The number of hydrogen-bond acceptors (Lipinski definition) is 2. The third-order valence-electron chi connectivity index (χ3n) is 3.08. The van der Waals surface area contributed by atoms with Gasteiger partial charge in [0.05, 0.1) is 11.2 Å². The van der Waals surface area contributed by atoms with Crippen molar-refractivity contribution in [3.05, 3.63) is 29.6 Å². The molecule has 0 amide bonds. The summed E-state index contributed by atoms with van der Waals surface area (Å²) < 4.78 is 0. The third-order valence-corrected chi connectivity index (χ3v) is 3.08. The monoisotopic (exact) mass is 176 g/mol. The Labute approximate surface area is 79.2 Å². The lowest BCUT2D eigenvalue weighted by molar-refractivity contribution is 0.632. The van der Waals surface area contributed by atoms with Gasteiger partial charge in [-0.3, -0.25) is 4.98 Å². The maximum absolute atomic E-state index is 6.23. The SMILES string of the molecule is CCc1cccnc1C1(N)CC1C. The summed E-state index contributed by atoms with van der Waals surface area (Å²) in [6.45, 7) is 4.34. The van der Waals surface area contributed by atoms with Gasteiger partial charge in [-0.15, -0.1) is 0 Å². The highest BCUT2D eigenvalue weighted by Crippen LogP contribution is 2.49. The normalized spacial score (nSPS) is 31.8. The molecule has 2 unspecified atom stereocenters. The van der Waals surface area contributed by atoms with Crippen LogP contribution in [0.3, 0.4) is 0 Å². The van der Waals surface area contributed by atoms with Gasteiger partial charge in [0.2, 0.25) is 0 Å². The Morgan fingerprint density at radius 3 is 2.92 bits per heavy atom. The molecule has 1 saturated carbocycles. The van der Waals surface area contributed by atoms with Crippen LogP contribution in [0.1, 0.15) is 31.5 Å². The van der Waals surface area contributed by atoms with Gasteiger partial charge in [-0.1, -0.05) is 19.9 Å². The van der Waals surface area contributed by atoms with Gasteiger partial charge >= 0.3 is 0 Å². The standard InChI is InChI=1S/C11H16N2/c1-3-9-5-4-6-13-10(9)11(12)7-8(11)2/h4-6,8H,3,7,12H2,1-2H3. The fourth-order valence-electron chi connectivity index (χ4n) is 1.92. The molecule has 1 heterocycles. The van der Waals surface area contributed by atoms with E-state index in [9.17, 15) is 0 Å². The van der Waals surface area contributed by atoms with Gasteiger partial charge in [0.1, 0.15) is 0 Å². The first-order valence-corrected chi connectivity index (χ1v) is 4.91. The minimum Gasteiger partial charge on any atom is -0.320 e. The molecule has 2 heteroatoms. The van der Waals surface area contributed by atoms with E-state index in [0.717, 1.165) is 18.5 Å². The molecule has 0 saturated heterocycles. The smallest absolute Gasteiger partial charge is 0.0637 e. The van der Waals surface area contributed by atoms with E-state index in [1.54, 1.807) is 0 Å². The van der Waals surface area contributed by atoms with Gasteiger partial charge in [-0.05, 0) is 30.4 Å². The Morgan fingerprint density at radius 2 is 2.38 bits per heavy atom. The number of nitrogens with zero attached hydrogens (tertiary/aromatic N) is 1. The molecule has 0 radical (unpaired) electrons. The Balaban J connectivity index is 2.40. The number of pyridine rings is 1. The summed E-state index contributed by atoms with van der Waals surface area (Å²) in [4.78, 5) is 4.41. The molecule has 2 rings (SSSR count). The van der Waals surface area contributed by atoms with Crippen molar-refractivity contribution in [3.63, 3.8) is 0 Å². The zero-order valence-corrected chi connectivity index (χ0v) is 8.25. The van der Waals surface area contributed by atoms with E-state index in [0.29, 0.717) is 5.92 Å². The van der Waals surface area contributed by atoms with Crippen molar-refractivity contribution in [2.75, 3.05) is 0 Å². The second kappa shape index (κ2) is 2.81. The van der Waals surface area contributed by atoms with Crippen LogP contribution in [-0.4, -0.2) is 4.98 Å². The predicted octanol–water partition coefficient (Wildman–Crippen LogP) is 1.84. The molecule has 1 fully saturated rings. The third kappa shape index (κ3) is 1.25. The first kappa shape index (κ1) is 8.70. The lowest BCUT2D eigenvalue weighted by Gasteiger charge is -2.13. The largest absolute Gasteiger partial charge is 0.320 e. The van der Waals surface area contributed by atoms with Crippen molar-refractivity contribution in [1.82, 2.24) is 4.98 Å². The van der Waals surface area contributed by atoms with Crippen LogP contribution in [-0.2, 0) is 12.0 Å². The highest BCUT2D eigenvalue weighted by molar-refractivity contribution is 5.32. The average molecular weight is 176 g/mol. The molecule has 70 valence electrons. The lowest BCUT2D eigenvalue weighted by atomic mass is 10.0. The molecule has 2 atom stereocenters. The fraction of sp³-hybridized carbons (Fsp3) is 0.545. The van der Waals surface area contributed by atoms with Gasteiger partial charge in [0.15, 0.2) is 0 Å². The van der Waals surface area contributed by atoms with E-state index in [4.69, 9.17) is 5.73 Å². The Kier molecular flexibility index (Phi) is 1.88. The predicted molar refractivity (Wildman–Crippen MR) is 53.3 cm³/mol. The summed E-state index contributed by atoms with van der Waals surface area (Å²) in [5, 5.41) is 0. The molecule has 13 heavy (non-hydrogen) atoms. The molecular formula is C11H16N2. The van der Waals surface area contributed by atoms with Crippen LogP contribution in [0.2, 0.25) is 0 Å². The number of aryl methyl sites for hydroxylation is 1. The van der Waals surface area contributed by atoms with Crippen molar-refractivity contribution in [1.29, 1.82) is 0 Å². The summed E-state index contributed by atoms with van der Waals surface area (Å²) in [6, 6.07) is 4.11. The minimum atomic E-state index is -0.118. The quantitative estimate of drug-likeness (QED) is 0.746. The summed E-state index contributed by atoms with van der Waals surface area (Å²) in [5.74, 6) is 0.590. The van der Waals surface area contributed by atoms with E-state index >= 15 is 0 Å². The van der Waals surface area contributed by atoms with Crippen molar-refractivity contribution < 1.29 is 0 Å². The van der Waals surface area contributed by atoms with Gasteiger partial charge in [0.25, 0.3) is 0 Å². The minimum absolute atomic E-state index is 0.118. The average Bonchev–Trinajstić information content (AvgIpc) is 2.76. The topological polar surface area (TPSA) is 38.9 Å². The van der Waals surface area contributed by atoms with Gasteiger partial charge in [-0.25, -0.2) is 0 Å². The van der Waals surface area contributed by atoms with Crippen LogP contribution < -0.4 is 5.73 Å². The second-order valence-electron chi connectivity index (χ2n) is 4.01. The molecule has 0 spiro atoms. The highest BCUT2D eigenvalue weighted by Gasteiger charge is 2.50. The summed E-state index contributed by atoms with van der Waals surface area (Å²) >= 11 is 0. The van der Waals surface area contributed by atoms with Crippen LogP contribution in [0.4, 0.5) is 0 Å². The maximum atomic E-state index is 6.23. The van der Waals surface area contributed by atoms with Crippen LogP contribution in [0.15, 0.2) is 18.3 Å². The van der Waals surface area contributed by atoms with Gasteiger partial charge in [-0.2, -0.15) is 0 Å². The summed E-state index contributed by atoms with van der Waals surface area (Å²) in [5.41, 5.74) is 8.52. The number of hydrogen-bond donors (Lipinski definition) is 1. The lowest BCUT2D eigenvalue weighted by Crippen LogP contribution is -2.24. The van der Waals surface area contributed by atoms with E-state index in [2.05, 4.69) is 24.9 Å². The molecule has 2 nitrogen and oxygen atoms in total. The molecule has 0 bridgehead atoms. The van der Waals surface area contributed by atoms with Crippen molar-refractivity contribution in [2.24, 2.45) is 11.7 Å². The van der Waals surface area contributed by atoms with Gasteiger partial charge < -0.3 is 5.73 Å². The van der Waals surface area contributed by atoms with E-state index < -0.39 is 0 Å². The molecule has 2 N–H and O–H groups in total. The number of aromatic nitrogens is 1.